The molecule has 0 saturated heterocycles. The Kier molecular flexibility index (Phi) is 3.29. The highest BCUT2D eigenvalue weighted by Crippen LogP contribution is 2.21. The Morgan fingerprint density at radius 2 is 2.25 bits per heavy atom. The lowest BCUT2D eigenvalue weighted by atomic mass is 10.2. The van der Waals surface area contributed by atoms with Crippen molar-refractivity contribution in [3.63, 3.8) is 0 Å². The highest BCUT2D eigenvalue weighted by molar-refractivity contribution is 9.10. The van der Waals surface area contributed by atoms with E-state index in [1.54, 1.807) is 0 Å². The SMILES string of the molecule is CCc1nccn1Cc1ccc(N)cc1Br. The number of nitrogen functional groups attached to an aromatic ring is 1. The average molecular weight is 280 g/mol. The first-order chi connectivity index (χ1) is 7.70. The first kappa shape index (κ1) is 11.2. The third kappa shape index (κ3) is 2.27. The predicted molar refractivity (Wildman–Crippen MR) is 69.3 cm³/mol. The van der Waals surface area contributed by atoms with Gasteiger partial charge in [0.25, 0.3) is 0 Å². The van der Waals surface area contributed by atoms with Crippen LogP contribution in [0.25, 0.3) is 0 Å². The van der Waals surface area contributed by atoms with Crippen LogP contribution in [-0.2, 0) is 13.0 Å². The number of imidazole rings is 1. The van der Waals surface area contributed by atoms with E-state index in [9.17, 15) is 0 Å². The van der Waals surface area contributed by atoms with E-state index in [0.29, 0.717) is 0 Å². The molecule has 0 atom stereocenters. The summed E-state index contributed by atoms with van der Waals surface area (Å²) < 4.78 is 3.19. The van der Waals surface area contributed by atoms with Gasteiger partial charge in [0.1, 0.15) is 5.82 Å². The average Bonchev–Trinajstić information content (AvgIpc) is 2.69. The molecule has 0 aliphatic carbocycles. The highest BCUT2D eigenvalue weighted by atomic mass is 79.9. The molecule has 1 aromatic heterocycles. The third-order valence-electron chi connectivity index (χ3n) is 2.54. The number of hydrogen-bond donors (Lipinski definition) is 1. The molecule has 2 aromatic rings. The maximum Gasteiger partial charge on any atom is 0.108 e. The lowest BCUT2D eigenvalue weighted by molar-refractivity contribution is 0.730. The first-order valence-electron chi connectivity index (χ1n) is 5.24. The summed E-state index contributed by atoms with van der Waals surface area (Å²) >= 11 is 3.53. The van der Waals surface area contributed by atoms with Gasteiger partial charge in [0.2, 0.25) is 0 Å². The van der Waals surface area contributed by atoms with Gasteiger partial charge in [0, 0.05) is 35.5 Å². The van der Waals surface area contributed by atoms with Crippen LogP contribution in [0, 0.1) is 0 Å². The van der Waals surface area contributed by atoms with Crippen LogP contribution in [0.1, 0.15) is 18.3 Å². The van der Waals surface area contributed by atoms with Crippen molar-refractivity contribution < 1.29 is 0 Å². The van der Waals surface area contributed by atoms with Gasteiger partial charge in [0.05, 0.1) is 0 Å². The number of anilines is 1. The molecule has 0 saturated carbocycles. The third-order valence-corrected chi connectivity index (χ3v) is 3.27. The van der Waals surface area contributed by atoms with Crippen LogP contribution in [0.15, 0.2) is 35.1 Å². The summed E-state index contributed by atoms with van der Waals surface area (Å²) in [6.07, 6.45) is 4.78. The fourth-order valence-corrected chi connectivity index (χ4v) is 2.20. The van der Waals surface area contributed by atoms with Gasteiger partial charge in [-0.15, -0.1) is 0 Å². The van der Waals surface area contributed by atoms with Crippen LogP contribution in [0.2, 0.25) is 0 Å². The first-order valence-corrected chi connectivity index (χ1v) is 6.04. The number of rotatable bonds is 3. The maximum atomic E-state index is 5.71. The molecule has 0 aliphatic heterocycles. The van der Waals surface area contributed by atoms with Gasteiger partial charge in [0.15, 0.2) is 0 Å². The van der Waals surface area contributed by atoms with E-state index in [1.807, 2.05) is 30.6 Å². The number of benzene rings is 1. The molecule has 0 bridgehead atoms. The van der Waals surface area contributed by atoms with Crippen LogP contribution < -0.4 is 5.73 Å². The summed E-state index contributed by atoms with van der Waals surface area (Å²) in [7, 11) is 0. The van der Waals surface area contributed by atoms with Crippen molar-refractivity contribution >= 4 is 21.6 Å². The van der Waals surface area contributed by atoms with Crippen molar-refractivity contribution in [2.75, 3.05) is 5.73 Å². The summed E-state index contributed by atoms with van der Waals surface area (Å²) in [4.78, 5) is 4.30. The van der Waals surface area contributed by atoms with E-state index in [1.165, 1.54) is 5.56 Å². The molecule has 0 spiro atoms. The topological polar surface area (TPSA) is 43.8 Å². The Hall–Kier alpha value is -1.29. The highest BCUT2D eigenvalue weighted by Gasteiger charge is 2.04. The second kappa shape index (κ2) is 4.70. The van der Waals surface area contributed by atoms with Crippen LogP contribution >= 0.6 is 15.9 Å². The fourth-order valence-electron chi connectivity index (χ4n) is 1.67. The molecule has 0 unspecified atom stereocenters. The summed E-state index contributed by atoms with van der Waals surface area (Å²) in [6, 6.07) is 5.89. The molecule has 0 radical (unpaired) electrons. The molecule has 2 rings (SSSR count). The van der Waals surface area contributed by atoms with E-state index in [0.717, 1.165) is 29.0 Å². The Morgan fingerprint density at radius 3 is 2.94 bits per heavy atom. The van der Waals surface area contributed by atoms with Crippen molar-refractivity contribution in [1.82, 2.24) is 9.55 Å². The van der Waals surface area contributed by atoms with E-state index in [2.05, 4.69) is 32.4 Å². The predicted octanol–water partition coefficient (Wildman–Crippen LogP) is 2.84. The van der Waals surface area contributed by atoms with Crippen LogP contribution in [-0.4, -0.2) is 9.55 Å². The van der Waals surface area contributed by atoms with Gasteiger partial charge >= 0.3 is 0 Å². The molecule has 0 amide bonds. The zero-order valence-corrected chi connectivity index (χ0v) is 10.7. The fraction of sp³-hybridized carbons (Fsp3) is 0.250. The Bertz CT molecular complexity index is 491. The van der Waals surface area contributed by atoms with E-state index >= 15 is 0 Å². The molecule has 3 nitrogen and oxygen atoms in total. The van der Waals surface area contributed by atoms with E-state index in [4.69, 9.17) is 5.73 Å². The zero-order chi connectivity index (χ0) is 11.5. The number of halogens is 1. The Morgan fingerprint density at radius 1 is 1.44 bits per heavy atom. The maximum absolute atomic E-state index is 5.71. The molecule has 4 heteroatoms. The number of hydrogen-bond acceptors (Lipinski definition) is 2. The lowest BCUT2D eigenvalue weighted by Crippen LogP contribution is -2.04. The van der Waals surface area contributed by atoms with Crippen molar-refractivity contribution in [3.8, 4) is 0 Å². The monoisotopic (exact) mass is 279 g/mol. The molecule has 84 valence electrons. The second-order valence-corrected chi connectivity index (χ2v) is 4.53. The molecule has 0 fully saturated rings. The van der Waals surface area contributed by atoms with Gasteiger partial charge in [-0.2, -0.15) is 0 Å². The zero-order valence-electron chi connectivity index (χ0n) is 9.15. The number of nitrogens with two attached hydrogens (primary N) is 1. The smallest absolute Gasteiger partial charge is 0.108 e. The molecule has 1 heterocycles. The summed E-state index contributed by atoms with van der Waals surface area (Å²) in [5.41, 5.74) is 7.69. The standard InChI is InChI=1S/C12H14BrN3/c1-2-12-15-5-6-16(12)8-9-3-4-10(14)7-11(9)13/h3-7H,2,8,14H2,1H3. The van der Waals surface area contributed by atoms with Crippen molar-refractivity contribution in [2.24, 2.45) is 0 Å². The van der Waals surface area contributed by atoms with Crippen molar-refractivity contribution in [1.29, 1.82) is 0 Å². The van der Waals surface area contributed by atoms with Crippen molar-refractivity contribution in [2.45, 2.75) is 19.9 Å². The minimum atomic E-state index is 0.775. The van der Waals surface area contributed by atoms with Crippen LogP contribution in [0.5, 0.6) is 0 Å². The Balaban J connectivity index is 2.27. The minimum absolute atomic E-state index is 0.775. The largest absolute Gasteiger partial charge is 0.399 e. The molecular weight excluding hydrogens is 266 g/mol. The number of nitrogens with zero attached hydrogens (tertiary/aromatic N) is 2. The Labute approximate surface area is 103 Å². The molecule has 0 aliphatic rings. The summed E-state index contributed by atoms with van der Waals surface area (Å²) in [5, 5.41) is 0. The summed E-state index contributed by atoms with van der Waals surface area (Å²) in [5.74, 6) is 1.10. The summed E-state index contributed by atoms with van der Waals surface area (Å²) in [6.45, 7) is 2.93. The minimum Gasteiger partial charge on any atom is -0.399 e. The van der Waals surface area contributed by atoms with E-state index < -0.39 is 0 Å². The van der Waals surface area contributed by atoms with Gasteiger partial charge in [-0.05, 0) is 17.7 Å². The van der Waals surface area contributed by atoms with Crippen LogP contribution in [0.3, 0.4) is 0 Å². The quantitative estimate of drug-likeness (QED) is 0.878. The second-order valence-electron chi connectivity index (χ2n) is 3.68. The van der Waals surface area contributed by atoms with Crippen LogP contribution in [0.4, 0.5) is 5.69 Å². The molecule has 1 aromatic carbocycles. The van der Waals surface area contributed by atoms with Crippen molar-refractivity contribution in [3.05, 3.63) is 46.5 Å². The lowest BCUT2D eigenvalue weighted by Gasteiger charge is -2.09. The van der Waals surface area contributed by atoms with Gasteiger partial charge < -0.3 is 10.3 Å². The van der Waals surface area contributed by atoms with Gasteiger partial charge in [-0.3, -0.25) is 0 Å². The molecule has 16 heavy (non-hydrogen) atoms. The molecular formula is C12H14BrN3. The number of aryl methyl sites for hydroxylation is 1. The normalized spacial score (nSPS) is 10.6. The van der Waals surface area contributed by atoms with Gasteiger partial charge in [-0.25, -0.2) is 4.98 Å². The molecule has 2 N–H and O–H groups in total. The van der Waals surface area contributed by atoms with E-state index in [-0.39, 0.29) is 0 Å². The van der Waals surface area contributed by atoms with Gasteiger partial charge in [-0.1, -0.05) is 28.9 Å². The number of aromatic nitrogens is 2.